The molecule has 21 heavy (non-hydrogen) atoms. The van der Waals surface area contributed by atoms with Crippen LogP contribution in [0.25, 0.3) is 0 Å². The predicted molar refractivity (Wildman–Crippen MR) is 94.5 cm³/mol. The largest absolute Gasteiger partial charge is 0.382 e. The van der Waals surface area contributed by atoms with Crippen LogP contribution in [0.1, 0.15) is 12.8 Å². The first kappa shape index (κ1) is 14.7. The van der Waals surface area contributed by atoms with E-state index >= 15 is 0 Å². The summed E-state index contributed by atoms with van der Waals surface area (Å²) in [6.07, 6.45) is 2.30. The number of halogens is 2. The first-order valence-electron chi connectivity index (χ1n) is 7.24. The van der Waals surface area contributed by atoms with Crippen molar-refractivity contribution in [3.8, 4) is 0 Å². The Balaban J connectivity index is 1.57. The van der Waals surface area contributed by atoms with Gasteiger partial charge in [0.15, 0.2) is 0 Å². The molecule has 0 atom stereocenters. The highest BCUT2D eigenvalue weighted by Crippen LogP contribution is 2.27. The summed E-state index contributed by atoms with van der Waals surface area (Å²) in [5.74, 6) is 0. The summed E-state index contributed by atoms with van der Waals surface area (Å²) in [7, 11) is 0. The Hall–Kier alpha value is -1.19. The molecule has 1 fully saturated rings. The fourth-order valence-corrected chi connectivity index (χ4v) is 3.24. The maximum Gasteiger partial charge on any atom is 0.0549 e. The van der Waals surface area contributed by atoms with Crippen LogP contribution in [0, 0.1) is 0 Å². The average Bonchev–Trinajstić information content (AvgIpc) is 2.53. The number of hydrogen-bond donors (Lipinski definition) is 1. The van der Waals surface area contributed by atoms with Crippen LogP contribution in [-0.4, -0.2) is 19.1 Å². The van der Waals surface area contributed by atoms with E-state index in [4.69, 9.17) is 11.6 Å². The third kappa shape index (κ3) is 3.72. The van der Waals surface area contributed by atoms with Crippen molar-refractivity contribution in [2.75, 3.05) is 23.3 Å². The molecule has 0 aromatic heterocycles. The molecule has 0 saturated carbocycles. The van der Waals surface area contributed by atoms with Gasteiger partial charge in [-0.15, -0.1) is 0 Å². The van der Waals surface area contributed by atoms with Crippen molar-refractivity contribution in [2.45, 2.75) is 18.9 Å². The molecular formula is C17H18BrClN2. The number of piperidine rings is 1. The van der Waals surface area contributed by atoms with E-state index in [-0.39, 0.29) is 0 Å². The van der Waals surface area contributed by atoms with Crippen LogP contribution < -0.4 is 10.2 Å². The van der Waals surface area contributed by atoms with Crippen molar-refractivity contribution >= 4 is 38.9 Å². The zero-order valence-electron chi connectivity index (χ0n) is 11.7. The molecule has 2 aromatic rings. The lowest BCUT2D eigenvalue weighted by molar-refractivity contribution is 0.527. The van der Waals surface area contributed by atoms with Crippen LogP contribution in [0.5, 0.6) is 0 Å². The van der Waals surface area contributed by atoms with E-state index in [1.807, 2.05) is 18.2 Å². The lowest BCUT2D eigenvalue weighted by Gasteiger charge is -2.34. The molecule has 2 aromatic carbocycles. The minimum atomic E-state index is 0.526. The molecular weight excluding hydrogens is 348 g/mol. The van der Waals surface area contributed by atoms with Crippen LogP contribution in [0.2, 0.25) is 5.02 Å². The van der Waals surface area contributed by atoms with E-state index in [1.54, 1.807) is 0 Å². The number of nitrogens with one attached hydrogen (secondary N) is 1. The molecule has 110 valence electrons. The maximum atomic E-state index is 6.03. The summed E-state index contributed by atoms with van der Waals surface area (Å²) in [6, 6.07) is 17.2. The molecule has 3 rings (SSSR count). The van der Waals surface area contributed by atoms with Gasteiger partial charge in [0.1, 0.15) is 0 Å². The summed E-state index contributed by atoms with van der Waals surface area (Å²) in [5.41, 5.74) is 2.45. The number of benzene rings is 2. The van der Waals surface area contributed by atoms with E-state index in [0.29, 0.717) is 6.04 Å². The summed E-state index contributed by atoms with van der Waals surface area (Å²) >= 11 is 9.50. The van der Waals surface area contributed by atoms with Gasteiger partial charge in [-0.05, 0) is 59.1 Å². The molecule has 1 aliphatic heterocycles. The number of rotatable bonds is 3. The van der Waals surface area contributed by atoms with Crippen LogP contribution in [0.4, 0.5) is 11.4 Å². The normalized spacial score (nSPS) is 16.0. The maximum absolute atomic E-state index is 6.03. The van der Waals surface area contributed by atoms with Gasteiger partial charge >= 0.3 is 0 Å². The van der Waals surface area contributed by atoms with E-state index < -0.39 is 0 Å². The van der Waals surface area contributed by atoms with Gasteiger partial charge < -0.3 is 10.2 Å². The van der Waals surface area contributed by atoms with Crippen molar-refractivity contribution in [2.24, 2.45) is 0 Å². The fraction of sp³-hybridized carbons (Fsp3) is 0.294. The van der Waals surface area contributed by atoms with Crippen LogP contribution in [-0.2, 0) is 0 Å². The van der Waals surface area contributed by atoms with E-state index in [1.165, 1.54) is 5.69 Å². The first-order valence-corrected chi connectivity index (χ1v) is 8.41. The quantitative estimate of drug-likeness (QED) is 0.806. The second-order valence-corrected chi connectivity index (χ2v) is 6.63. The molecule has 0 amide bonds. The highest BCUT2D eigenvalue weighted by Gasteiger charge is 2.19. The summed E-state index contributed by atoms with van der Waals surface area (Å²) in [5, 5.41) is 4.36. The minimum Gasteiger partial charge on any atom is -0.382 e. The van der Waals surface area contributed by atoms with Crippen molar-refractivity contribution in [1.29, 1.82) is 0 Å². The molecule has 2 nitrogen and oxygen atoms in total. The van der Waals surface area contributed by atoms with Gasteiger partial charge in [-0.3, -0.25) is 0 Å². The Morgan fingerprint density at radius 3 is 2.43 bits per heavy atom. The molecule has 1 heterocycles. The van der Waals surface area contributed by atoms with Crippen molar-refractivity contribution in [3.63, 3.8) is 0 Å². The lowest BCUT2D eigenvalue weighted by atomic mass is 10.0. The zero-order valence-corrected chi connectivity index (χ0v) is 14.1. The second-order valence-electron chi connectivity index (χ2n) is 5.37. The molecule has 0 aliphatic carbocycles. The van der Waals surface area contributed by atoms with Crippen molar-refractivity contribution < 1.29 is 0 Å². The first-order chi connectivity index (χ1) is 10.2. The van der Waals surface area contributed by atoms with E-state index in [9.17, 15) is 0 Å². The minimum absolute atomic E-state index is 0.526. The Morgan fingerprint density at radius 2 is 1.76 bits per heavy atom. The van der Waals surface area contributed by atoms with E-state index in [2.05, 4.69) is 56.5 Å². The number of hydrogen-bond acceptors (Lipinski definition) is 2. The highest BCUT2D eigenvalue weighted by atomic mass is 79.9. The van der Waals surface area contributed by atoms with Crippen LogP contribution in [0.15, 0.2) is 53.0 Å². The molecule has 0 unspecified atom stereocenters. The molecule has 1 saturated heterocycles. The molecule has 4 heteroatoms. The summed E-state index contributed by atoms with van der Waals surface area (Å²) < 4.78 is 0.941. The van der Waals surface area contributed by atoms with Gasteiger partial charge in [0.2, 0.25) is 0 Å². The molecule has 0 bridgehead atoms. The Morgan fingerprint density at radius 1 is 1.05 bits per heavy atom. The van der Waals surface area contributed by atoms with Gasteiger partial charge in [0, 0.05) is 35.0 Å². The Bertz CT molecular complexity index is 595. The standard InChI is InChI=1S/C17H18BrClN2/c18-16-12-14(6-7-17(16)19)20-13-8-10-21(11-9-13)15-4-2-1-3-5-15/h1-7,12-13,20H,8-11H2. The van der Waals surface area contributed by atoms with Crippen molar-refractivity contribution in [1.82, 2.24) is 0 Å². The second kappa shape index (κ2) is 6.71. The fourth-order valence-electron chi connectivity index (χ4n) is 2.74. The van der Waals surface area contributed by atoms with Gasteiger partial charge in [-0.25, -0.2) is 0 Å². The lowest BCUT2D eigenvalue weighted by Crippen LogP contribution is -2.39. The number of anilines is 2. The number of para-hydroxylation sites is 1. The van der Waals surface area contributed by atoms with Gasteiger partial charge in [-0.2, -0.15) is 0 Å². The van der Waals surface area contributed by atoms with Crippen LogP contribution >= 0.6 is 27.5 Å². The highest BCUT2D eigenvalue weighted by molar-refractivity contribution is 9.10. The zero-order chi connectivity index (χ0) is 14.7. The monoisotopic (exact) mass is 364 g/mol. The van der Waals surface area contributed by atoms with Gasteiger partial charge in [-0.1, -0.05) is 29.8 Å². The number of nitrogens with zero attached hydrogens (tertiary/aromatic N) is 1. The molecule has 1 aliphatic rings. The smallest absolute Gasteiger partial charge is 0.0549 e. The van der Waals surface area contributed by atoms with Gasteiger partial charge in [0.05, 0.1) is 5.02 Å². The van der Waals surface area contributed by atoms with Crippen LogP contribution in [0.3, 0.4) is 0 Å². The van der Waals surface area contributed by atoms with E-state index in [0.717, 1.165) is 41.1 Å². The topological polar surface area (TPSA) is 15.3 Å². The third-order valence-corrected chi connectivity index (χ3v) is 5.12. The average molecular weight is 366 g/mol. The molecule has 0 spiro atoms. The Kier molecular flexibility index (Phi) is 4.71. The summed E-state index contributed by atoms with van der Waals surface area (Å²) in [4.78, 5) is 2.45. The molecule has 0 radical (unpaired) electrons. The predicted octanol–water partition coefficient (Wildman–Crippen LogP) is 5.18. The van der Waals surface area contributed by atoms with Gasteiger partial charge in [0.25, 0.3) is 0 Å². The summed E-state index contributed by atoms with van der Waals surface area (Å²) in [6.45, 7) is 2.19. The molecule has 1 N–H and O–H groups in total. The van der Waals surface area contributed by atoms with Crippen molar-refractivity contribution in [3.05, 3.63) is 58.0 Å². The Labute approximate surface area is 139 Å². The third-order valence-electron chi connectivity index (χ3n) is 3.91. The SMILES string of the molecule is Clc1ccc(NC2CCN(c3ccccc3)CC2)cc1Br.